The molecule has 25 heavy (non-hydrogen) atoms. The van der Waals surface area contributed by atoms with Gasteiger partial charge in [-0.1, -0.05) is 35.8 Å². The lowest BCUT2D eigenvalue weighted by atomic mass is 10.1. The maximum atomic E-state index is 12.2. The summed E-state index contributed by atoms with van der Waals surface area (Å²) in [4.78, 5) is 24.1. The van der Waals surface area contributed by atoms with Crippen LogP contribution in [0.15, 0.2) is 35.6 Å². The molecular formula is C18H18Cl2N2O3. The molecule has 0 bridgehead atoms. The van der Waals surface area contributed by atoms with Gasteiger partial charge in [-0.2, -0.15) is 0 Å². The number of carbonyl (C=O) groups excluding carboxylic acids is 1. The van der Waals surface area contributed by atoms with Crippen LogP contribution in [-0.2, 0) is 13.5 Å². The summed E-state index contributed by atoms with van der Waals surface area (Å²) in [5.41, 5.74) is 0.753. The molecule has 2 aromatic rings. The molecule has 132 valence electrons. The SMILES string of the molecule is C=Cc1cc(C(=O)NCCCc2ccc(Cl)c(Cl)c2)c(O)c(=O)n1C. The van der Waals surface area contributed by atoms with Crippen molar-refractivity contribution in [2.75, 3.05) is 6.54 Å². The van der Waals surface area contributed by atoms with Crippen LogP contribution >= 0.6 is 23.2 Å². The van der Waals surface area contributed by atoms with Gasteiger partial charge in [-0.05, 0) is 42.7 Å². The van der Waals surface area contributed by atoms with Gasteiger partial charge in [-0.3, -0.25) is 9.59 Å². The molecule has 0 spiro atoms. The fraction of sp³-hybridized carbons (Fsp3) is 0.222. The molecular weight excluding hydrogens is 363 g/mol. The number of hydrogen-bond donors (Lipinski definition) is 2. The first kappa shape index (κ1) is 19.1. The Morgan fingerprint density at radius 2 is 2.04 bits per heavy atom. The number of pyridine rings is 1. The van der Waals surface area contributed by atoms with Crippen molar-refractivity contribution in [2.24, 2.45) is 7.05 Å². The molecule has 0 saturated heterocycles. The summed E-state index contributed by atoms with van der Waals surface area (Å²) in [5.74, 6) is -1.08. The minimum Gasteiger partial charge on any atom is -0.502 e. The molecule has 0 saturated carbocycles. The minimum absolute atomic E-state index is 0.0625. The number of aromatic hydroxyl groups is 1. The number of carbonyl (C=O) groups is 1. The van der Waals surface area contributed by atoms with Crippen LogP contribution in [0.4, 0.5) is 0 Å². The topological polar surface area (TPSA) is 71.3 Å². The predicted octanol–water partition coefficient (Wildman–Crippen LogP) is 3.40. The second-order valence-electron chi connectivity index (χ2n) is 5.51. The van der Waals surface area contributed by atoms with Gasteiger partial charge in [0.2, 0.25) is 0 Å². The lowest BCUT2D eigenvalue weighted by Crippen LogP contribution is -2.28. The van der Waals surface area contributed by atoms with Gasteiger partial charge in [0.25, 0.3) is 11.5 Å². The van der Waals surface area contributed by atoms with Gasteiger partial charge in [-0.25, -0.2) is 0 Å². The fourth-order valence-corrected chi connectivity index (χ4v) is 2.68. The molecule has 0 fully saturated rings. The zero-order chi connectivity index (χ0) is 18.6. The van der Waals surface area contributed by atoms with Gasteiger partial charge in [0.1, 0.15) is 0 Å². The first-order valence-corrected chi connectivity index (χ1v) is 8.38. The normalized spacial score (nSPS) is 10.5. The molecule has 1 aromatic heterocycles. The molecule has 0 radical (unpaired) electrons. The van der Waals surface area contributed by atoms with Crippen molar-refractivity contribution in [3.63, 3.8) is 0 Å². The summed E-state index contributed by atoms with van der Waals surface area (Å²) in [6, 6.07) is 6.82. The molecule has 0 unspecified atom stereocenters. The third-order valence-corrected chi connectivity index (χ3v) is 4.55. The molecule has 2 rings (SSSR count). The third-order valence-electron chi connectivity index (χ3n) is 3.81. The average molecular weight is 381 g/mol. The van der Waals surface area contributed by atoms with Crippen LogP contribution in [0.3, 0.4) is 0 Å². The van der Waals surface area contributed by atoms with Crippen LogP contribution in [0.25, 0.3) is 6.08 Å². The lowest BCUT2D eigenvalue weighted by molar-refractivity contribution is 0.0950. The standard InChI is InChI=1S/C18H18Cl2N2O3/c1-3-12-10-13(16(23)18(25)22(12)2)17(24)21-8-4-5-11-6-7-14(19)15(20)9-11/h3,6-7,9-10,23H,1,4-5,8H2,2H3,(H,21,24). The molecule has 2 N–H and O–H groups in total. The van der Waals surface area contributed by atoms with E-state index < -0.39 is 17.2 Å². The summed E-state index contributed by atoms with van der Waals surface area (Å²) < 4.78 is 1.23. The van der Waals surface area contributed by atoms with Gasteiger partial charge in [0.15, 0.2) is 5.75 Å². The van der Waals surface area contributed by atoms with E-state index in [0.717, 1.165) is 5.56 Å². The lowest BCUT2D eigenvalue weighted by Gasteiger charge is -2.10. The van der Waals surface area contributed by atoms with E-state index in [1.54, 1.807) is 12.1 Å². The Balaban J connectivity index is 1.99. The maximum Gasteiger partial charge on any atom is 0.293 e. The number of hydrogen-bond acceptors (Lipinski definition) is 3. The van der Waals surface area contributed by atoms with Crippen molar-refractivity contribution in [3.8, 4) is 5.75 Å². The highest BCUT2D eigenvalue weighted by molar-refractivity contribution is 6.42. The van der Waals surface area contributed by atoms with E-state index in [4.69, 9.17) is 23.2 Å². The predicted molar refractivity (Wildman–Crippen MR) is 101 cm³/mol. The number of rotatable bonds is 6. The molecule has 7 heteroatoms. The number of aryl methyl sites for hydroxylation is 1. The number of amides is 1. The Bertz CT molecular complexity index is 875. The highest BCUT2D eigenvalue weighted by Gasteiger charge is 2.16. The zero-order valence-electron chi connectivity index (χ0n) is 13.7. The van der Waals surface area contributed by atoms with Crippen molar-refractivity contribution in [2.45, 2.75) is 12.8 Å². The molecule has 0 aliphatic heterocycles. The highest BCUT2D eigenvalue weighted by Crippen LogP contribution is 2.23. The van der Waals surface area contributed by atoms with Gasteiger partial charge < -0.3 is 15.0 Å². The van der Waals surface area contributed by atoms with Crippen molar-refractivity contribution in [1.29, 1.82) is 0 Å². The number of nitrogens with one attached hydrogen (secondary N) is 1. The molecule has 1 aromatic carbocycles. The second-order valence-corrected chi connectivity index (χ2v) is 6.32. The Morgan fingerprint density at radius 3 is 2.68 bits per heavy atom. The number of halogens is 2. The Morgan fingerprint density at radius 1 is 1.32 bits per heavy atom. The van der Waals surface area contributed by atoms with Gasteiger partial charge in [0.05, 0.1) is 15.6 Å². The maximum absolute atomic E-state index is 12.2. The largest absolute Gasteiger partial charge is 0.502 e. The van der Waals surface area contributed by atoms with Crippen molar-refractivity contribution >= 4 is 35.2 Å². The Kier molecular flexibility index (Phi) is 6.28. The van der Waals surface area contributed by atoms with E-state index in [1.165, 1.54) is 23.8 Å². The van der Waals surface area contributed by atoms with Gasteiger partial charge in [0, 0.05) is 19.3 Å². The van der Waals surface area contributed by atoms with Gasteiger partial charge in [-0.15, -0.1) is 0 Å². The molecule has 0 atom stereocenters. The Labute approximate surface area is 155 Å². The van der Waals surface area contributed by atoms with E-state index in [0.29, 0.717) is 35.1 Å². The summed E-state index contributed by atoms with van der Waals surface area (Å²) in [6.45, 7) is 3.98. The smallest absolute Gasteiger partial charge is 0.293 e. The van der Waals surface area contributed by atoms with Crippen molar-refractivity contribution in [1.82, 2.24) is 9.88 Å². The second kappa shape index (κ2) is 8.23. The van der Waals surface area contributed by atoms with Crippen LogP contribution in [0, 0.1) is 0 Å². The monoisotopic (exact) mass is 380 g/mol. The summed E-state index contributed by atoms with van der Waals surface area (Å²) in [5, 5.41) is 13.6. The van der Waals surface area contributed by atoms with E-state index in [9.17, 15) is 14.7 Å². The minimum atomic E-state index is -0.640. The van der Waals surface area contributed by atoms with Gasteiger partial charge >= 0.3 is 0 Å². The molecule has 1 heterocycles. The summed E-state index contributed by atoms with van der Waals surface area (Å²) >= 11 is 11.8. The van der Waals surface area contributed by atoms with E-state index >= 15 is 0 Å². The fourth-order valence-electron chi connectivity index (χ4n) is 2.36. The van der Waals surface area contributed by atoms with Crippen LogP contribution in [0.2, 0.25) is 10.0 Å². The van der Waals surface area contributed by atoms with E-state index in [-0.39, 0.29) is 5.56 Å². The van der Waals surface area contributed by atoms with Crippen molar-refractivity contribution < 1.29 is 9.90 Å². The first-order valence-electron chi connectivity index (χ1n) is 7.62. The van der Waals surface area contributed by atoms with Crippen LogP contribution < -0.4 is 10.9 Å². The van der Waals surface area contributed by atoms with Crippen LogP contribution in [0.5, 0.6) is 5.75 Å². The van der Waals surface area contributed by atoms with Crippen molar-refractivity contribution in [3.05, 3.63) is 68.1 Å². The summed E-state index contributed by atoms with van der Waals surface area (Å²) in [6.07, 6.45) is 2.82. The third kappa shape index (κ3) is 4.44. The molecule has 1 amide bonds. The van der Waals surface area contributed by atoms with Crippen LogP contribution in [-0.4, -0.2) is 22.1 Å². The number of nitrogens with zero attached hydrogens (tertiary/aromatic N) is 1. The average Bonchev–Trinajstić information content (AvgIpc) is 2.59. The highest BCUT2D eigenvalue weighted by atomic mass is 35.5. The van der Waals surface area contributed by atoms with E-state index in [1.807, 2.05) is 6.07 Å². The molecule has 5 nitrogen and oxygen atoms in total. The number of aromatic nitrogens is 1. The molecule has 0 aliphatic carbocycles. The summed E-state index contributed by atoms with van der Waals surface area (Å²) in [7, 11) is 1.50. The Hall–Kier alpha value is -2.24. The number of benzene rings is 1. The van der Waals surface area contributed by atoms with E-state index in [2.05, 4.69) is 11.9 Å². The van der Waals surface area contributed by atoms with Crippen LogP contribution in [0.1, 0.15) is 28.0 Å². The first-order chi connectivity index (χ1) is 11.8. The zero-order valence-corrected chi connectivity index (χ0v) is 15.2. The quantitative estimate of drug-likeness (QED) is 0.754. The molecule has 0 aliphatic rings.